The summed E-state index contributed by atoms with van der Waals surface area (Å²) < 4.78 is 15.1. The van der Waals surface area contributed by atoms with E-state index in [1.165, 1.54) is 26.7 Å². The minimum Gasteiger partial charge on any atom is -0.493 e. The summed E-state index contributed by atoms with van der Waals surface area (Å²) in [5.74, 6) is 0.703. The fourth-order valence-corrected chi connectivity index (χ4v) is 1.82. The monoisotopic (exact) mass is 266 g/mol. The molecule has 0 amide bonds. The van der Waals surface area contributed by atoms with Gasteiger partial charge in [-0.3, -0.25) is 4.79 Å². The van der Waals surface area contributed by atoms with Crippen molar-refractivity contribution in [1.82, 2.24) is 0 Å². The minimum atomic E-state index is -0.227. The van der Waals surface area contributed by atoms with Gasteiger partial charge in [0, 0.05) is 11.6 Å². The van der Waals surface area contributed by atoms with Crippen molar-refractivity contribution in [2.75, 3.05) is 14.2 Å². The van der Waals surface area contributed by atoms with Crippen molar-refractivity contribution in [2.45, 2.75) is 0 Å². The fourth-order valence-electron chi connectivity index (χ4n) is 1.58. The lowest BCUT2D eigenvalue weighted by Crippen LogP contribution is -2.02. The number of furan rings is 1. The second-order valence-electron chi connectivity index (χ2n) is 3.53. The Labute approximate surface area is 109 Å². The highest BCUT2D eigenvalue weighted by Crippen LogP contribution is 2.34. The van der Waals surface area contributed by atoms with Gasteiger partial charge in [-0.05, 0) is 12.1 Å². The zero-order valence-electron chi connectivity index (χ0n) is 9.90. The quantitative estimate of drug-likeness (QED) is 0.798. The number of ketones is 1. The molecule has 0 saturated heterocycles. The van der Waals surface area contributed by atoms with Crippen molar-refractivity contribution in [3.05, 3.63) is 46.9 Å². The highest BCUT2D eigenvalue weighted by atomic mass is 35.5. The Bertz CT molecular complexity index is 561. The first-order valence-electron chi connectivity index (χ1n) is 5.15. The average molecular weight is 267 g/mol. The third-order valence-electron chi connectivity index (χ3n) is 2.50. The molecule has 18 heavy (non-hydrogen) atoms. The number of carbonyl (C=O) groups is 1. The molecular weight excluding hydrogens is 256 g/mol. The summed E-state index contributed by atoms with van der Waals surface area (Å²) in [6.07, 6.45) is 2.80. The molecule has 0 aliphatic carbocycles. The average Bonchev–Trinajstić information content (AvgIpc) is 2.91. The molecule has 1 aromatic heterocycles. The van der Waals surface area contributed by atoms with E-state index < -0.39 is 0 Å². The second kappa shape index (κ2) is 5.14. The van der Waals surface area contributed by atoms with Gasteiger partial charge in [0.25, 0.3) is 0 Å². The van der Waals surface area contributed by atoms with Crippen LogP contribution in [0.4, 0.5) is 0 Å². The standard InChI is InChI=1S/C13H11ClO4/c1-16-11-5-9(10(14)6-12(11)17-2)13(15)8-3-4-18-7-8/h3-7H,1-2H3. The summed E-state index contributed by atoms with van der Waals surface area (Å²) in [7, 11) is 3.00. The zero-order chi connectivity index (χ0) is 13.1. The minimum absolute atomic E-state index is 0.227. The van der Waals surface area contributed by atoms with Gasteiger partial charge in [-0.1, -0.05) is 11.6 Å². The molecule has 0 unspecified atom stereocenters. The molecule has 5 heteroatoms. The number of ether oxygens (including phenoxy) is 2. The van der Waals surface area contributed by atoms with Crippen molar-refractivity contribution < 1.29 is 18.7 Å². The van der Waals surface area contributed by atoms with Crippen molar-refractivity contribution in [2.24, 2.45) is 0 Å². The van der Waals surface area contributed by atoms with Gasteiger partial charge in [0.2, 0.25) is 0 Å². The van der Waals surface area contributed by atoms with Crippen LogP contribution >= 0.6 is 11.6 Å². The Morgan fingerprint density at radius 1 is 1.22 bits per heavy atom. The van der Waals surface area contributed by atoms with Gasteiger partial charge < -0.3 is 13.9 Å². The first-order valence-corrected chi connectivity index (χ1v) is 5.53. The summed E-state index contributed by atoms with van der Waals surface area (Å²) in [6.45, 7) is 0. The molecule has 0 radical (unpaired) electrons. The maximum atomic E-state index is 12.2. The molecule has 0 aliphatic rings. The van der Waals surface area contributed by atoms with Crippen LogP contribution in [0.2, 0.25) is 5.02 Å². The van der Waals surface area contributed by atoms with Gasteiger partial charge in [-0.2, -0.15) is 0 Å². The molecule has 0 atom stereocenters. The van der Waals surface area contributed by atoms with E-state index in [9.17, 15) is 4.79 Å². The molecule has 4 nitrogen and oxygen atoms in total. The molecule has 1 heterocycles. The van der Waals surface area contributed by atoms with Gasteiger partial charge in [0.1, 0.15) is 6.26 Å². The van der Waals surface area contributed by atoms with Crippen LogP contribution in [0.25, 0.3) is 0 Å². The fraction of sp³-hybridized carbons (Fsp3) is 0.154. The van der Waals surface area contributed by atoms with Gasteiger partial charge in [0.05, 0.1) is 31.1 Å². The van der Waals surface area contributed by atoms with Crippen LogP contribution in [-0.4, -0.2) is 20.0 Å². The van der Waals surface area contributed by atoms with Crippen LogP contribution in [0.3, 0.4) is 0 Å². The Hall–Kier alpha value is -1.94. The first kappa shape index (κ1) is 12.5. The highest BCUT2D eigenvalue weighted by molar-refractivity contribution is 6.35. The molecule has 1 aromatic carbocycles. The Kier molecular flexibility index (Phi) is 3.58. The van der Waals surface area contributed by atoms with E-state index in [-0.39, 0.29) is 5.78 Å². The number of carbonyl (C=O) groups excluding carboxylic acids is 1. The molecule has 0 N–H and O–H groups in total. The van der Waals surface area contributed by atoms with Gasteiger partial charge in [-0.15, -0.1) is 0 Å². The highest BCUT2D eigenvalue weighted by Gasteiger charge is 2.17. The van der Waals surface area contributed by atoms with E-state index in [1.807, 2.05) is 0 Å². The van der Waals surface area contributed by atoms with Crippen molar-refractivity contribution in [3.8, 4) is 11.5 Å². The topological polar surface area (TPSA) is 48.7 Å². The van der Waals surface area contributed by atoms with E-state index in [0.29, 0.717) is 27.6 Å². The summed E-state index contributed by atoms with van der Waals surface area (Å²) >= 11 is 6.06. The summed E-state index contributed by atoms with van der Waals surface area (Å²) in [5, 5.41) is 0.304. The smallest absolute Gasteiger partial charge is 0.197 e. The molecule has 94 valence electrons. The Balaban J connectivity index is 2.48. The summed E-state index contributed by atoms with van der Waals surface area (Å²) in [4.78, 5) is 12.2. The second-order valence-corrected chi connectivity index (χ2v) is 3.94. The third kappa shape index (κ3) is 2.19. The number of hydrogen-bond acceptors (Lipinski definition) is 4. The number of halogens is 1. The van der Waals surface area contributed by atoms with E-state index in [1.54, 1.807) is 18.2 Å². The van der Waals surface area contributed by atoms with E-state index in [4.69, 9.17) is 25.5 Å². The largest absolute Gasteiger partial charge is 0.493 e. The predicted octanol–water partition coefficient (Wildman–Crippen LogP) is 3.18. The molecule has 0 saturated carbocycles. The van der Waals surface area contributed by atoms with Gasteiger partial charge in [0.15, 0.2) is 17.3 Å². The van der Waals surface area contributed by atoms with Crippen LogP contribution in [0.15, 0.2) is 35.1 Å². The molecule has 0 aliphatic heterocycles. The van der Waals surface area contributed by atoms with E-state index in [0.717, 1.165) is 0 Å². The maximum Gasteiger partial charge on any atom is 0.197 e. The van der Waals surface area contributed by atoms with Gasteiger partial charge >= 0.3 is 0 Å². The lowest BCUT2D eigenvalue weighted by Gasteiger charge is -2.10. The van der Waals surface area contributed by atoms with E-state index in [2.05, 4.69) is 0 Å². The number of benzene rings is 1. The lowest BCUT2D eigenvalue weighted by atomic mass is 10.1. The SMILES string of the molecule is COc1cc(Cl)c(C(=O)c2ccoc2)cc1OC. The molecular formula is C13H11ClO4. The van der Waals surface area contributed by atoms with Crippen LogP contribution in [0.5, 0.6) is 11.5 Å². The number of hydrogen-bond donors (Lipinski definition) is 0. The molecule has 0 fully saturated rings. The number of rotatable bonds is 4. The molecule has 0 spiro atoms. The normalized spacial score (nSPS) is 10.2. The molecule has 2 rings (SSSR count). The van der Waals surface area contributed by atoms with Gasteiger partial charge in [-0.25, -0.2) is 0 Å². The third-order valence-corrected chi connectivity index (χ3v) is 2.81. The van der Waals surface area contributed by atoms with Crippen LogP contribution in [-0.2, 0) is 0 Å². The predicted molar refractivity (Wildman–Crippen MR) is 66.7 cm³/mol. The van der Waals surface area contributed by atoms with E-state index >= 15 is 0 Å². The van der Waals surface area contributed by atoms with Crippen LogP contribution in [0, 0.1) is 0 Å². The van der Waals surface area contributed by atoms with Crippen molar-refractivity contribution in [3.63, 3.8) is 0 Å². The summed E-state index contributed by atoms with van der Waals surface area (Å²) in [6, 6.07) is 4.68. The lowest BCUT2D eigenvalue weighted by molar-refractivity contribution is 0.103. The Morgan fingerprint density at radius 3 is 2.44 bits per heavy atom. The Morgan fingerprint density at radius 2 is 1.89 bits per heavy atom. The molecule has 0 bridgehead atoms. The number of methoxy groups -OCH3 is 2. The zero-order valence-corrected chi connectivity index (χ0v) is 10.7. The van der Waals surface area contributed by atoms with Crippen LogP contribution in [0.1, 0.15) is 15.9 Å². The molecule has 2 aromatic rings. The van der Waals surface area contributed by atoms with Crippen molar-refractivity contribution >= 4 is 17.4 Å². The van der Waals surface area contributed by atoms with Crippen LogP contribution < -0.4 is 9.47 Å². The maximum absolute atomic E-state index is 12.2. The first-order chi connectivity index (χ1) is 8.67. The summed E-state index contributed by atoms with van der Waals surface area (Å²) in [5.41, 5.74) is 0.778. The van der Waals surface area contributed by atoms with Crippen molar-refractivity contribution in [1.29, 1.82) is 0 Å².